The molecule has 2 aliphatic heterocycles. The molecule has 5 atom stereocenters. The lowest BCUT2D eigenvalue weighted by molar-refractivity contribution is -0.194. The maximum absolute atomic E-state index is 10.9. The van der Waals surface area contributed by atoms with Gasteiger partial charge in [0.2, 0.25) is 0 Å². The maximum atomic E-state index is 10.9. The van der Waals surface area contributed by atoms with Crippen molar-refractivity contribution in [1.82, 2.24) is 4.90 Å². The Bertz CT molecular complexity index is 1130. The topological polar surface area (TPSA) is 60.4 Å². The summed E-state index contributed by atoms with van der Waals surface area (Å²) in [6, 6.07) is 30.8. The van der Waals surface area contributed by atoms with Crippen molar-refractivity contribution in [2.45, 2.75) is 82.7 Å². The number of aliphatic hydroxyl groups excluding tert-OH is 1. The monoisotopic (exact) mass is 531 g/mol. The van der Waals surface area contributed by atoms with E-state index >= 15 is 0 Å². The van der Waals surface area contributed by atoms with Gasteiger partial charge in [-0.3, -0.25) is 4.90 Å². The highest BCUT2D eigenvalue weighted by Crippen LogP contribution is 2.33. The summed E-state index contributed by atoms with van der Waals surface area (Å²) in [6.07, 6.45) is -0.104. The van der Waals surface area contributed by atoms with Gasteiger partial charge in [-0.05, 0) is 43.4 Å². The molecule has 39 heavy (non-hydrogen) atoms. The number of ether oxygens (including phenoxy) is 4. The fourth-order valence-electron chi connectivity index (χ4n) is 5.63. The van der Waals surface area contributed by atoms with E-state index in [1.54, 1.807) is 0 Å². The van der Waals surface area contributed by atoms with E-state index < -0.39 is 18.0 Å². The lowest BCUT2D eigenvalue weighted by atomic mass is 9.89. The maximum Gasteiger partial charge on any atom is 0.163 e. The Morgan fingerprint density at radius 1 is 0.821 bits per heavy atom. The van der Waals surface area contributed by atoms with Crippen molar-refractivity contribution < 1.29 is 24.1 Å². The second-order valence-electron chi connectivity index (χ2n) is 11.1. The number of aliphatic hydroxyl groups is 1. The van der Waals surface area contributed by atoms with Crippen LogP contribution in [0.4, 0.5) is 0 Å². The van der Waals surface area contributed by atoms with Crippen LogP contribution in [0.3, 0.4) is 0 Å². The standard InChI is InChI=1S/C33H41NO5/c1-33(2)38-24-30(39-33)32(37-23-27-16-10-5-11-17-27)31(36-22-26-14-8-4-9-15-26)29-20-28(35)18-19-34(29)21-25-12-6-3-7-13-25/h3-17,28-32,35H,18-24H2,1-2H3/t28-,29-,30-,31+,32-/m1/s1. The Balaban J connectivity index is 1.46. The van der Waals surface area contributed by atoms with Gasteiger partial charge in [0, 0.05) is 19.1 Å². The lowest BCUT2D eigenvalue weighted by Crippen LogP contribution is -2.57. The molecular weight excluding hydrogens is 490 g/mol. The predicted octanol–water partition coefficient (Wildman–Crippen LogP) is 5.33. The van der Waals surface area contributed by atoms with Crippen LogP contribution in [0.2, 0.25) is 0 Å². The summed E-state index contributed by atoms with van der Waals surface area (Å²) < 4.78 is 25.9. The summed E-state index contributed by atoms with van der Waals surface area (Å²) in [7, 11) is 0. The first kappa shape index (κ1) is 28.0. The second kappa shape index (κ2) is 13.2. The summed E-state index contributed by atoms with van der Waals surface area (Å²) >= 11 is 0. The van der Waals surface area contributed by atoms with Crippen LogP contribution in [-0.2, 0) is 38.7 Å². The number of nitrogens with zero attached hydrogens (tertiary/aromatic N) is 1. The molecule has 6 heteroatoms. The van der Waals surface area contributed by atoms with E-state index in [4.69, 9.17) is 18.9 Å². The molecule has 208 valence electrons. The Labute approximate surface area is 232 Å². The Morgan fingerprint density at radius 2 is 1.36 bits per heavy atom. The largest absolute Gasteiger partial charge is 0.393 e. The van der Waals surface area contributed by atoms with Crippen LogP contribution < -0.4 is 0 Å². The van der Waals surface area contributed by atoms with Crippen LogP contribution in [0.15, 0.2) is 91.0 Å². The fourth-order valence-corrected chi connectivity index (χ4v) is 5.63. The van der Waals surface area contributed by atoms with E-state index in [0.29, 0.717) is 26.2 Å². The van der Waals surface area contributed by atoms with Gasteiger partial charge in [0.15, 0.2) is 5.79 Å². The number of piperidine rings is 1. The molecule has 2 saturated heterocycles. The third-order valence-electron chi connectivity index (χ3n) is 7.63. The minimum Gasteiger partial charge on any atom is -0.393 e. The first-order valence-electron chi connectivity index (χ1n) is 14.1. The third kappa shape index (κ3) is 7.76. The number of hydrogen-bond acceptors (Lipinski definition) is 6. The minimum atomic E-state index is -0.696. The van der Waals surface area contributed by atoms with Gasteiger partial charge >= 0.3 is 0 Å². The molecule has 0 aliphatic carbocycles. The third-order valence-corrected chi connectivity index (χ3v) is 7.63. The van der Waals surface area contributed by atoms with Gasteiger partial charge in [0.1, 0.15) is 18.3 Å². The van der Waals surface area contributed by atoms with Gasteiger partial charge in [-0.2, -0.15) is 0 Å². The van der Waals surface area contributed by atoms with E-state index in [1.807, 2.05) is 56.3 Å². The van der Waals surface area contributed by atoms with Crippen LogP contribution in [0.1, 0.15) is 43.4 Å². The molecule has 0 bridgehead atoms. The van der Waals surface area contributed by atoms with E-state index in [9.17, 15) is 5.11 Å². The summed E-state index contributed by atoms with van der Waals surface area (Å²) in [5.74, 6) is -0.696. The summed E-state index contributed by atoms with van der Waals surface area (Å²) in [4.78, 5) is 2.44. The zero-order valence-electron chi connectivity index (χ0n) is 23.0. The molecule has 0 spiro atoms. The lowest BCUT2D eigenvalue weighted by Gasteiger charge is -2.45. The molecule has 3 aromatic carbocycles. The van der Waals surface area contributed by atoms with Gasteiger partial charge < -0.3 is 24.1 Å². The summed E-state index contributed by atoms with van der Waals surface area (Å²) in [6.45, 7) is 6.74. The molecule has 0 aromatic heterocycles. The average molecular weight is 532 g/mol. The number of likely N-dealkylation sites (tertiary alicyclic amines) is 1. The van der Waals surface area contributed by atoms with Crippen LogP contribution >= 0.6 is 0 Å². The van der Waals surface area contributed by atoms with Gasteiger partial charge in [-0.15, -0.1) is 0 Å². The molecule has 5 rings (SSSR count). The van der Waals surface area contributed by atoms with Gasteiger partial charge in [-0.25, -0.2) is 0 Å². The molecule has 2 aliphatic rings. The molecule has 0 amide bonds. The highest BCUT2D eigenvalue weighted by Gasteiger charge is 2.46. The molecule has 2 heterocycles. The van der Waals surface area contributed by atoms with E-state index in [0.717, 1.165) is 30.6 Å². The molecule has 2 fully saturated rings. The fraction of sp³-hybridized carbons (Fsp3) is 0.455. The number of rotatable bonds is 11. The molecule has 3 aromatic rings. The molecule has 1 N–H and O–H groups in total. The first-order chi connectivity index (χ1) is 19.0. The van der Waals surface area contributed by atoms with Crippen molar-refractivity contribution in [3.63, 3.8) is 0 Å². The number of benzene rings is 3. The highest BCUT2D eigenvalue weighted by atomic mass is 16.8. The van der Waals surface area contributed by atoms with E-state index in [1.165, 1.54) is 5.56 Å². The average Bonchev–Trinajstić information content (AvgIpc) is 3.32. The zero-order valence-corrected chi connectivity index (χ0v) is 23.0. The SMILES string of the molecule is CC1(C)OC[C@H]([C@@H](OCc2ccccc2)[C@@H](OCc2ccccc2)[C@H]2C[C@H](O)CCN2Cc2ccccc2)O1. The minimum absolute atomic E-state index is 0.0641. The van der Waals surface area contributed by atoms with Crippen molar-refractivity contribution in [1.29, 1.82) is 0 Å². The van der Waals surface area contributed by atoms with Crippen LogP contribution in [0.25, 0.3) is 0 Å². The van der Waals surface area contributed by atoms with E-state index in [-0.39, 0.29) is 18.2 Å². The van der Waals surface area contributed by atoms with Crippen LogP contribution in [0, 0.1) is 0 Å². The normalized spacial score (nSPS) is 24.8. The second-order valence-corrected chi connectivity index (χ2v) is 11.1. The molecular formula is C33H41NO5. The predicted molar refractivity (Wildman–Crippen MR) is 151 cm³/mol. The summed E-state index contributed by atoms with van der Waals surface area (Å²) in [5.41, 5.74) is 3.43. The van der Waals surface area contributed by atoms with E-state index in [2.05, 4.69) is 53.4 Å². The Kier molecular flexibility index (Phi) is 9.45. The quantitative estimate of drug-likeness (QED) is 0.361. The Hall–Kier alpha value is -2.58. The van der Waals surface area contributed by atoms with Crippen molar-refractivity contribution in [2.24, 2.45) is 0 Å². The first-order valence-corrected chi connectivity index (χ1v) is 14.1. The van der Waals surface area contributed by atoms with Crippen molar-refractivity contribution in [2.75, 3.05) is 13.2 Å². The molecule has 6 nitrogen and oxygen atoms in total. The smallest absolute Gasteiger partial charge is 0.163 e. The van der Waals surface area contributed by atoms with Crippen molar-refractivity contribution in [3.05, 3.63) is 108 Å². The van der Waals surface area contributed by atoms with Gasteiger partial charge in [0.05, 0.1) is 25.9 Å². The van der Waals surface area contributed by atoms with Crippen LogP contribution in [-0.4, -0.2) is 59.4 Å². The highest BCUT2D eigenvalue weighted by molar-refractivity contribution is 5.16. The van der Waals surface area contributed by atoms with Gasteiger partial charge in [-0.1, -0.05) is 91.0 Å². The van der Waals surface area contributed by atoms with Crippen molar-refractivity contribution in [3.8, 4) is 0 Å². The van der Waals surface area contributed by atoms with Gasteiger partial charge in [0.25, 0.3) is 0 Å². The molecule has 0 unspecified atom stereocenters. The molecule has 0 radical (unpaired) electrons. The summed E-state index contributed by atoms with van der Waals surface area (Å²) in [5, 5.41) is 10.9. The van der Waals surface area contributed by atoms with Crippen LogP contribution in [0.5, 0.6) is 0 Å². The Morgan fingerprint density at radius 3 is 1.90 bits per heavy atom. The zero-order chi connectivity index (χ0) is 27.1. The molecule has 0 saturated carbocycles. The number of hydrogen-bond donors (Lipinski definition) is 1. The van der Waals surface area contributed by atoms with Crippen molar-refractivity contribution >= 4 is 0 Å².